The molecular formula is C22H43BN2O4Si. The normalized spacial score (nSPS) is 19.9. The van der Waals surface area contributed by atoms with Crippen LogP contribution in [0.1, 0.15) is 68.2 Å². The maximum Gasteiger partial charge on any atom is 0.502 e. The number of hydrogen-bond donors (Lipinski definition) is 0. The smallest absolute Gasteiger partial charge is 0.477 e. The van der Waals surface area contributed by atoms with Crippen LogP contribution in [0.2, 0.25) is 18.1 Å². The van der Waals surface area contributed by atoms with E-state index in [-0.39, 0.29) is 16.2 Å². The van der Waals surface area contributed by atoms with Gasteiger partial charge in [0.2, 0.25) is 5.88 Å². The predicted molar refractivity (Wildman–Crippen MR) is 126 cm³/mol. The molecule has 0 radical (unpaired) electrons. The Hall–Kier alpha value is -0.828. The molecule has 1 aliphatic heterocycles. The summed E-state index contributed by atoms with van der Waals surface area (Å²) in [5, 5.41) is 4.73. The van der Waals surface area contributed by atoms with Crippen LogP contribution in [0.4, 0.5) is 0 Å². The molecule has 0 amide bonds. The zero-order valence-electron chi connectivity index (χ0n) is 21.1. The number of aromatic nitrogens is 2. The van der Waals surface area contributed by atoms with E-state index < -0.39 is 15.4 Å². The average molecular weight is 438 g/mol. The van der Waals surface area contributed by atoms with Gasteiger partial charge in [0.1, 0.15) is 0 Å². The van der Waals surface area contributed by atoms with Crippen LogP contribution in [-0.4, -0.2) is 49.6 Å². The summed E-state index contributed by atoms with van der Waals surface area (Å²) in [4.78, 5) is 0. The third-order valence-corrected chi connectivity index (χ3v) is 11.4. The lowest BCUT2D eigenvalue weighted by Gasteiger charge is -2.37. The standard InChI is InChI=1S/C22H43BN2O4Si/c1-17(16-27-30(10,11)20(2,3)4)13-12-14-26-19-18(15-25(9)24-19)23-28-21(5,6)22(7,8)29-23/h15,17H,12-14,16H2,1-11H3. The van der Waals surface area contributed by atoms with Gasteiger partial charge in [0.25, 0.3) is 0 Å². The van der Waals surface area contributed by atoms with Crippen molar-refractivity contribution in [1.29, 1.82) is 0 Å². The zero-order chi connectivity index (χ0) is 23.0. The molecule has 0 bridgehead atoms. The second-order valence-electron chi connectivity index (χ2n) is 11.3. The van der Waals surface area contributed by atoms with Gasteiger partial charge < -0.3 is 18.5 Å². The van der Waals surface area contributed by atoms with E-state index in [9.17, 15) is 0 Å². The molecule has 1 fully saturated rings. The van der Waals surface area contributed by atoms with Crippen molar-refractivity contribution in [3.05, 3.63) is 6.20 Å². The molecule has 8 heteroatoms. The summed E-state index contributed by atoms with van der Waals surface area (Å²) in [5.41, 5.74) is 0.0831. The number of aryl methyl sites for hydroxylation is 1. The van der Waals surface area contributed by atoms with Gasteiger partial charge in [-0.1, -0.05) is 27.7 Å². The summed E-state index contributed by atoms with van der Waals surface area (Å²) in [6, 6.07) is 0. The highest BCUT2D eigenvalue weighted by molar-refractivity contribution is 6.74. The largest absolute Gasteiger partial charge is 0.502 e. The summed E-state index contributed by atoms with van der Waals surface area (Å²) in [6.07, 6.45) is 3.95. The molecule has 1 atom stereocenters. The van der Waals surface area contributed by atoms with Gasteiger partial charge in [0.15, 0.2) is 8.32 Å². The summed E-state index contributed by atoms with van der Waals surface area (Å²) in [7, 11) is -0.255. The first kappa shape index (κ1) is 25.4. The van der Waals surface area contributed by atoms with E-state index in [1.54, 1.807) is 4.68 Å². The minimum absolute atomic E-state index is 0.249. The zero-order valence-corrected chi connectivity index (χ0v) is 22.1. The molecule has 172 valence electrons. The molecule has 6 nitrogen and oxygen atoms in total. The van der Waals surface area contributed by atoms with Gasteiger partial charge in [0.05, 0.1) is 23.3 Å². The van der Waals surface area contributed by atoms with Gasteiger partial charge in [0, 0.05) is 19.9 Å². The summed E-state index contributed by atoms with van der Waals surface area (Å²) in [5.74, 6) is 1.11. The maximum absolute atomic E-state index is 6.35. The monoisotopic (exact) mass is 438 g/mol. The van der Waals surface area contributed by atoms with Crippen molar-refractivity contribution in [3.63, 3.8) is 0 Å². The van der Waals surface area contributed by atoms with Crippen molar-refractivity contribution in [2.75, 3.05) is 13.2 Å². The molecule has 0 aromatic carbocycles. The van der Waals surface area contributed by atoms with Crippen LogP contribution in [0.3, 0.4) is 0 Å². The maximum atomic E-state index is 6.35. The quantitative estimate of drug-likeness (QED) is 0.419. The van der Waals surface area contributed by atoms with Gasteiger partial charge in [-0.2, -0.15) is 0 Å². The minimum atomic E-state index is -1.68. The predicted octanol–water partition coefficient (Wildman–Crippen LogP) is 4.54. The van der Waals surface area contributed by atoms with Crippen LogP contribution in [0, 0.1) is 5.92 Å². The summed E-state index contributed by atoms with van der Waals surface area (Å²) < 4.78 is 26.5. The van der Waals surface area contributed by atoms with Crippen molar-refractivity contribution >= 4 is 20.9 Å². The highest BCUT2D eigenvalue weighted by Crippen LogP contribution is 2.38. The second kappa shape index (κ2) is 8.96. The van der Waals surface area contributed by atoms with Gasteiger partial charge in [-0.05, 0) is 64.6 Å². The van der Waals surface area contributed by atoms with E-state index in [0.717, 1.165) is 24.9 Å². The van der Waals surface area contributed by atoms with Crippen LogP contribution < -0.4 is 10.2 Å². The van der Waals surface area contributed by atoms with Gasteiger partial charge in [-0.3, -0.25) is 4.68 Å². The van der Waals surface area contributed by atoms with Crippen LogP contribution in [0.15, 0.2) is 6.20 Å². The molecule has 2 heterocycles. The second-order valence-corrected chi connectivity index (χ2v) is 16.1. The first-order valence-electron chi connectivity index (χ1n) is 11.2. The Morgan fingerprint density at radius 2 is 1.73 bits per heavy atom. The van der Waals surface area contributed by atoms with Crippen molar-refractivity contribution < 1.29 is 18.5 Å². The number of rotatable bonds is 9. The summed E-state index contributed by atoms with van der Waals surface area (Å²) in [6.45, 7) is 23.4. The van der Waals surface area contributed by atoms with E-state index in [1.807, 2.05) is 13.2 Å². The molecular weight excluding hydrogens is 395 g/mol. The lowest BCUT2D eigenvalue weighted by Crippen LogP contribution is -2.41. The van der Waals surface area contributed by atoms with E-state index in [0.29, 0.717) is 18.4 Å². The first-order chi connectivity index (χ1) is 13.6. The van der Waals surface area contributed by atoms with Crippen LogP contribution >= 0.6 is 0 Å². The van der Waals surface area contributed by atoms with Gasteiger partial charge >= 0.3 is 7.12 Å². The molecule has 0 spiro atoms. The fourth-order valence-electron chi connectivity index (χ4n) is 2.98. The molecule has 2 rings (SSSR count). The molecule has 1 aromatic heterocycles. The molecule has 30 heavy (non-hydrogen) atoms. The molecule has 0 N–H and O–H groups in total. The average Bonchev–Trinajstić information content (AvgIpc) is 3.05. The number of ether oxygens (including phenoxy) is 1. The first-order valence-corrected chi connectivity index (χ1v) is 14.1. The Labute approximate surface area is 185 Å². The Kier molecular flexibility index (Phi) is 7.60. The van der Waals surface area contributed by atoms with Crippen LogP contribution in [-0.2, 0) is 20.8 Å². The number of nitrogens with zero attached hydrogens (tertiary/aromatic N) is 2. The van der Waals surface area contributed by atoms with Crippen LogP contribution in [0.5, 0.6) is 5.88 Å². The van der Waals surface area contributed by atoms with Crippen molar-refractivity contribution in [2.45, 2.75) is 97.6 Å². The van der Waals surface area contributed by atoms with Gasteiger partial charge in [-0.25, -0.2) is 0 Å². The molecule has 1 aromatic rings. The van der Waals surface area contributed by atoms with Crippen molar-refractivity contribution in [3.8, 4) is 5.88 Å². The minimum Gasteiger partial charge on any atom is -0.477 e. The highest BCUT2D eigenvalue weighted by atomic mass is 28.4. The summed E-state index contributed by atoms with van der Waals surface area (Å²) >= 11 is 0. The Balaban J connectivity index is 1.84. The molecule has 1 unspecified atom stereocenters. The fraction of sp³-hybridized carbons (Fsp3) is 0.864. The van der Waals surface area contributed by atoms with E-state index in [4.69, 9.17) is 18.5 Å². The molecule has 0 saturated carbocycles. The highest BCUT2D eigenvalue weighted by Gasteiger charge is 2.53. The molecule has 1 aliphatic rings. The third-order valence-electron chi connectivity index (χ3n) is 6.94. The Morgan fingerprint density at radius 1 is 1.17 bits per heavy atom. The van der Waals surface area contributed by atoms with E-state index in [1.165, 1.54) is 0 Å². The molecule has 1 saturated heterocycles. The lowest BCUT2D eigenvalue weighted by atomic mass is 9.81. The van der Waals surface area contributed by atoms with E-state index in [2.05, 4.69) is 73.6 Å². The lowest BCUT2D eigenvalue weighted by molar-refractivity contribution is 0.00578. The SMILES string of the molecule is CC(CCCOc1nn(C)cc1B1OC(C)(C)C(C)(C)O1)CO[Si](C)(C)C(C)(C)C. The fourth-order valence-corrected chi connectivity index (χ4v) is 4.12. The van der Waals surface area contributed by atoms with Crippen LogP contribution in [0.25, 0.3) is 0 Å². The van der Waals surface area contributed by atoms with Gasteiger partial charge in [-0.15, -0.1) is 5.10 Å². The van der Waals surface area contributed by atoms with Crippen molar-refractivity contribution in [2.24, 2.45) is 13.0 Å². The third kappa shape index (κ3) is 5.90. The molecule has 0 aliphatic carbocycles. The topological polar surface area (TPSA) is 54.7 Å². The Morgan fingerprint density at radius 3 is 2.27 bits per heavy atom. The van der Waals surface area contributed by atoms with Crippen molar-refractivity contribution in [1.82, 2.24) is 9.78 Å². The van der Waals surface area contributed by atoms with E-state index >= 15 is 0 Å². The Bertz CT molecular complexity index is 696. The number of hydrogen-bond acceptors (Lipinski definition) is 5.